The molecule has 0 aromatic heterocycles. The summed E-state index contributed by atoms with van der Waals surface area (Å²) in [6, 6.07) is 0. The van der Waals surface area contributed by atoms with Crippen LogP contribution >= 0.6 is 0 Å². The van der Waals surface area contributed by atoms with Crippen LogP contribution in [0.4, 0.5) is 0 Å². The Balaban J connectivity index is 0. The quantitative estimate of drug-likeness (QED) is 0.408. The van der Waals surface area contributed by atoms with Gasteiger partial charge in [0, 0.05) is 0 Å². The van der Waals surface area contributed by atoms with Crippen LogP contribution in [0.25, 0.3) is 0 Å². The van der Waals surface area contributed by atoms with Gasteiger partial charge in [-0.1, -0.05) is 0 Å². The van der Waals surface area contributed by atoms with Gasteiger partial charge in [-0.25, -0.2) is 0 Å². The topological polar surface area (TPSA) is 114 Å². The Morgan fingerprint density at radius 1 is 0.429 bits per heavy atom. The molecule has 0 saturated carbocycles. The fourth-order valence-electron chi connectivity index (χ4n) is 0. The van der Waals surface area contributed by atoms with Crippen LogP contribution in [0.1, 0.15) is 0 Å². The van der Waals surface area contributed by atoms with Crippen LogP contribution in [0.15, 0.2) is 0 Å². The van der Waals surface area contributed by atoms with E-state index in [9.17, 15) is 0 Å². The molecular weight excluding hydrogens is 174 g/mol. The van der Waals surface area contributed by atoms with Gasteiger partial charge in [0.15, 0.2) is 0 Å². The van der Waals surface area contributed by atoms with E-state index in [1.54, 1.807) is 0 Å². The van der Waals surface area contributed by atoms with Crippen LogP contribution in [-0.2, 0) is 39.0 Å². The van der Waals surface area contributed by atoms with Crippen molar-refractivity contribution in [2.45, 2.75) is 0 Å². The molecule has 0 amide bonds. The minimum Gasteiger partial charge on any atom is -2.00 e. The first kappa shape index (κ1) is 229. The van der Waals surface area contributed by atoms with Gasteiger partial charge in [0.25, 0.3) is 0 Å². The Bertz CT molecular complexity index is 9.65. The molecule has 0 spiro atoms. The van der Waals surface area contributed by atoms with Crippen LogP contribution in [0.3, 0.4) is 0 Å². The van der Waals surface area contributed by atoms with E-state index in [4.69, 9.17) is 0 Å². The number of rotatable bonds is 0. The van der Waals surface area contributed by atoms with E-state index in [1.165, 1.54) is 0 Å². The van der Waals surface area contributed by atoms with Gasteiger partial charge < -0.3 is 21.9 Å². The Kier molecular flexibility index (Phi) is 4940. The van der Waals surface area contributed by atoms with Gasteiger partial charge in [0.2, 0.25) is 0 Å². The first-order valence-corrected chi connectivity index (χ1v) is 0. The summed E-state index contributed by atoms with van der Waals surface area (Å²) in [5.41, 5.74) is 0. The molecule has 4 nitrogen and oxygen atoms in total. The molecular formula is Al2FeO4. The molecule has 0 atom stereocenters. The first-order valence-electron chi connectivity index (χ1n) is 0. The van der Waals surface area contributed by atoms with Crippen molar-refractivity contribution in [1.82, 2.24) is 0 Å². The van der Waals surface area contributed by atoms with Crippen LogP contribution < -0.4 is 0 Å². The summed E-state index contributed by atoms with van der Waals surface area (Å²) in [6.07, 6.45) is 0. The van der Waals surface area contributed by atoms with Crippen LogP contribution in [0.2, 0.25) is 0 Å². The molecule has 0 saturated heterocycles. The minimum atomic E-state index is 0. The summed E-state index contributed by atoms with van der Waals surface area (Å²) >= 11 is 0. The standard InChI is InChI=1S/2Al.Fe.4O/q2*+3;+2;4*-2. The van der Waals surface area contributed by atoms with Crippen molar-refractivity contribution in [1.29, 1.82) is 0 Å². The maximum atomic E-state index is 0. The van der Waals surface area contributed by atoms with Crippen molar-refractivity contribution >= 4 is 34.7 Å². The van der Waals surface area contributed by atoms with Crippen LogP contribution in [0.5, 0.6) is 0 Å². The van der Waals surface area contributed by atoms with E-state index in [0.29, 0.717) is 0 Å². The first-order chi connectivity index (χ1) is 0. The van der Waals surface area contributed by atoms with E-state index in [2.05, 4.69) is 0 Å². The van der Waals surface area contributed by atoms with Gasteiger partial charge in [-0.15, -0.1) is 0 Å². The third-order valence-corrected chi connectivity index (χ3v) is 0. The second kappa shape index (κ2) is 151. The second-order valence-corrected chi connectivity index (χ2v) is 0. The summed E-state index contributed by atoms with van der Waals surface area (Å²) < 4.78 is 0. The van der Waals surface area contributed by atoms with Crippen molar-refractivity contribution in [3.05, 3.63) is 0 Å². The minimum absolute atomic E-state index is 0. The smallest absolute Gasteiger partial charge is 2.00 e. The third-order valence-electron chi connectivity index (χ3n) is 0. The maximum absolute atomic E-state index is 0. The Morgan fingerprint density at radius 3 is 0.429 bits per heavy atom. The van der Waals surface area contributed by atoms with Crippen LogP contribution in [0, 0.1) is 0 Å². The zero-order valence-electron chi connectivity index (χ0n) is 3.14. The second-order valence-electron chi connectivity index (χ2n) is 0. The van der Waals surface area contributed by atoms with Crippen molar-refractivity contribution in [2.24, 2.45) is 0 Å². The average molecular weight is 174 g/mol. The Labute approximate surface area is 73.6 Å². The van der Waals surface area contributed by atoms with Gasteiger partial charge in [0.1, 0.15) is 0 Å². The van der Waals surface area contributed by atoms with Crippen molar-refractivity contribution in [2.75, 3.05) is 0 Å². The number of hydrogen-bond acceptors (Lipinski definition) is 0. The Hall–Kier alpha value is 1.42. The monoisotopic (exact) mass is 174 g/mol. The summed E-state index contributed by atoms with van der Waals surface area (Å²) in [5, 5.41) is 0. The third kappa shape index (κ3) is 108. The molecule has 0 heterocycles. The molecule has 0 aromatic carbocycles. The molecule has 0 aliphatic heterocycles. The molecule has 0 aliphatic rings. The molecule has 0 rings (SSSR count). The maximum Gasteiger partial charge on any atom is 3.00 e. The van der Waals surface area contributed by atoms with Crippen molar-refractivity contribution in [3.63, 3.8) is 0 Å². The molecule has 0 bridgehead atoms. The largest absolute Gasteiger partial charge is 3.00 e. The van der Waals surface area contributed by atoms with Crippen molar-refractivity contribution < 1.29 is 39.0 Å². The molecule has 0 radical (unpaired) electrons. The molecule has 7 heavy (non-hydrogen) atoms. The normalized spacial score (nSPS) is 0. The molecule has 0 N–H and O–H groups in total. The van der Waals surface area contributed by atoms with Gasteiger partial charge in [-0.3, -0.25) is 0 Å². The Morgan fingerprint density at radius 2 is 0.429 bits per heavy atom. The zero-order valence-corrected chi connectivity index (χ0v) is 6.55. The molecule has 7 heteroatoms. The van der Waals surface area contributed by atoms with Gasteiger partial charge >= 0.3 is 51.8 Å². The van der Waals surface area contributed by atoms with Gasteiger partial charge in [-0.2, -0.15) is 0 Å². The van der Waals surface area contributed by atoms with Crippen LogP contribution in [-0.4, -0.2) is 34.7 Å². The van der Waals surface area contributed by atoms with Gasteiger partial charge in [-0.05, 0) is 0 Å². The van der Waals surface area contributed by atoms with E-state index in [-0.39, 0.29) is 73.7 Å². The zero-order chi connectivity index (χ0) is 0. The average Bonchev–Trinajstić information content (AvgIpc) is 0. The molecule has 38 valence electrons. The van der Waals surface area contributed by atoms with E-state index in [0.717, 1.165) is 0 Å². The molecule has 0 aromatic rings. The summed E-state index contributed by atoms with van der Waals surface area (Å²) in [4.78, 5) is 0. The fraction of sp³-hybridized carbons (Fsp3) is 0. The molecule has 0 fully saturated rings. The van der Waals surface area contributed by atoms with Crippen molar-refractivity contribution in [3.8, 4) is 0 Å². The predicted molar refractivity (Wildman–Crippen MR) is 14.3 cm³/mol. The predicted octanol–water partition coefficient (Wildman–Crippen LogP) is -1.24. The van der Waals surface area contributed by atoms with Gasteiger partial charge in [0.05, 0.1) is 0 Å². The fourth-order valence-corrected chi connectivity index (χ4v) is 0. The SMILES string of the molecule is [Al+3].[Al+3].[Fe+2].[O-2].[O-2].[O-2].[O-2]. The summed E-state index contributed by atoms with van der Waals surface area (Å²) in [5.74, 6) is 0. The summed E-state index contributed by atoms with van der Waals surface area (Å²) in [6.45, 7) is 0. The van der Waals surface area contributed by atoms with E-state index in [1.807, 2.05) is 0 Å². The van der Waals surface area contributed by atoms with E-state index < -0.39 is 0 Å². The molecule has 0 unspecified atom stereocenters. The summed E-state index contributed by atoms with van der Waals surface area (Å²) in [7, 11) is 0. The van der Waals surface area contributed by atoms with E-state index >= 15 is 0 Å². The molecule has 0 aliphatic carbocycles. The number of hydrogen-bond donors (Lipinski definition) is 0.